The molecule has 4 rings (SSSR count). The minimum atomic E-state index is -0.181. The van der Waals surface area contributed by atoms with E-state index in [9.17, 15) is 9.59 Å². The van der Waals surface area contributed by atoms with Gasteiger partial charge in [-0.2, -0.15) is 0 Å². The van der Waals surface area contributed by atoms with Gasteiger partial charge in [0.2, 0.25) is 5.91 Å². The third-order valence-corrected chi connectivity index (χ3v) is 5.51. The highest BCUT2D eigenvalue weighted by atomic mass is 16.6. The molecule has 0 radical (unpaired) electrons. The molecule has 0 aliphatic carbocycles. The number of anilines is 1. The fourth-order valence-corrected chi connectivity index (χ4v) is 3.92. The summed E-state index contributed by atoms with van der Waals surface area (Å²) in [6, 6.07) is 3.51. The lowest BCUT2D eigenvalue weighted by atomic mass is 9.96. The van der Waals surface area contributed by atoms with Crippen molar-refractivity contribution in [3.05, 3.63) is 17.7 Å². The summed E-state index contributed by atoms with van der Waals surface area (Å²) >= 11 is 0. The molecular weight excluding hydrogens is 362 g/mol. The van der Waals surface area contributed by atoms with Crippen molar-refractivity contribution in [3.63, 3.8) is 0 Å². The summed E-state index contributed by atoms with van der Waals surface area (Å²) < 4.78 is 16.5. The second-order valence-corrected chi connectivity index (χ2v) is 7.46. The second kappa shape index (κ2) is 8.26. The van der Waals surface area contributed by atoms with E-state index < -0.39 is 0 Å². The van der Waals surface area contributed by atoms with Crippen molar-refractivity contribution < 1.29 is 23.8 Å². The molecule has 152 valence electrons. The Kier molecular flexibility index (Phi) is 5.57. The first-order chi connectivity index (χ1) is 13.6. The lowest BCUT2D eigenvalue weighted by molar-refractivity contribution is -0.141. The van der Waals surface area contributed by atoms with Gasteiger partial charge in [-0.25, -0.2) is 4.79 Å². The van der Waals surface area contributed by atoms with Gasteiger partial charge in [0, 0.05) is 37.9 Å². The number of carbonyl (C=O) groups excluding carboxylic acids is 2. The first-order valence-electron chi connectivity index (χ1n) is 9.94. The summed E-state index contributed by atoms with van der Waals surface area (Å²) in [6.45, 7) is 6.52. The number of hydrogen-bond acceptors (Lipinski definition) is 5. The van der Waals surface area contributed by atoms with E-state index in [2.05, 4.69) is 5.32 Å². The summed E-state index contributed by atoms with van der Waals surface area (Å²) in [7, 11) is 0. The van der Waals surface area contributed by atoms with Crippen molar-refractivity contribution in [1.82, 2.24) is 9.80 Å². The minimum Gasteiger partial charge on any atom is -0.486 e. The van der Waals surface area contributed by atoms with Crippen LogP contribution < -0.4 is 14.8 Å². The molecule has 3 aliphatic rings. The normalized spacial score (nSPS) is 22.0. The van der Waals surface area contributed by atoms with Crippen LogP contribution in [0.4, 0.5) is 10.5 Å². The van der Waals surface area contributed by atoms with Crippen molar-refractivity contribution in [3.8, 4) is 11.5 Å². The lowest BCUT2D eigenvalue weighted by Crippen LogP contribution is -2.50. The second-order valence-electron chi connectivity index (χ2n) is 7.46. The highest BCUT2D eigenvalue weighted by Crippen LogP contribution is 2.35. The number of benzene rings is 1. The number of morpholine rings is 1. The molecule has 3 amide bonds. The number of carbonyl (C=O) groups is 2. The molecule has 2 saturated heterocycles. The van der Waals surface area contributed by atoms with Gasteiger partial charge < -0.3 is 29.3 Å². The van der Waals surface area contributed by atoms with Crippen molar-refractivity contribution in [1.29, 1.82) is 0 Å². The summed E-state index contributed by atoms with van der Waals surface area (Å²) in [6.07, 6.45) is 1.65. The maximum absolute atomic E-state index is 12.8. The maximum Gasteiger partial charge on any atom is 0.321 e. The monoisotopic (exact) mass is 389 g/mol. The molecule has 3 heterocycles. The van der Waals surface area contributed by atoms with Gasteiger partial charge in [0.05, 0.1) is 19.1 Å². The zero-order chi connectivity index (χ0) is 19.5. The van der Waals surface area contributed by atoms with Crippen LogP contribution in [0.15, 0.2) is 12.1 Å². The number of fused-ring (bicyclic) bond motifs is 1. The topological polar surface area (TPSA) is 80.3 Å². The number of ether oxygens (including phenoxy) is 3. The SMILES string of the molecule is Cc1cc2c(cc1NC(=O)N1CCC[C@@H](C(=O)N3CCOCC3)C1)OCCO2. The molecule has 0 saturated carbocycles. The Morgan fingerprint density at radius 2 is 1.71 bits per heavy atom. The molecule has 1 aromatic carbocycles. The zero-order valence-corrected chi connectivity index (χ0v) is 16.2. The van der Waals surface area contributed by atoms with Gasteiger partial charge >= 0.3 is 6.03 Å². The van der Waals surface area contributed by atoms with E-state index in [1.165, 1.54) is 0 Å². The Hall–Kier alpha value is -2.48. The van der Waals surface area contributed by atoms with Gasteiger partial charge in [-0.3, -0.25) is 4.79 Å². The number of piperidine rings is 1. The zero-order valence-electron chi connectivity index (χ0n) is 16.2. The molecule has 1 N–H and O–H groups in total. The van der Waals surface area contributed by atoms with Crippen LogP contribution >= 0.6 is 0 Å². The van der Waals surface area contributed by atoms with Gasteiger partial charge in [0.15, 0.2) is 11.5 Å². The van der Waals surface area contributed by atoms with E-state index in [0.29, 0.717) is 69.8 Å². The van der Waals surface area contributed by atoms with E-state index in [1.54, 1.807) is 4.90 Å². The molecule has 1 atom stereocenters. The number of hydrogen-bond donors (Lipinski definition) is 1. The maximum atomic E-state index is 12.8. The Balaban J connectivity index is 1.40. The smallest absolute Gasteiger partial charge is 0.321 e. The average Bonchev–Trinajstić information content (AvgIpc) is 2.74. The molecule has 0 bridgehead atoms. The third kappa shape index (κ3) is 4.01. The van der Waals surface area contributed by atoms with E-state index >= 15 is 0 Å². The van der Waals surface area contributed by atoms with Crippen LogP contribution in [0, 0.1) is 12.8 Å². The lowest BCUT2D eigenvalue weighted by Gasteiger charge is -2.36. The predicted molar refractivity (Wildman–Crippen MR) is 103 cm³/mol. The Bertz CT molecular complexity index is 748. The molecule has 1 aromatic rings. The van der Waals surface area contributed by atoms with Gasteiger partial charge in [-0.1, -0.05) is 0 Å². The van der Waals surface area contributed by atoms with Crippen LogP contribution in [0.2, 0.25) is 0 Å². The molecule has 0 aromatic heterocycles. The summed E-state index contributed by atoms with van der Waals surface area (Å²) in [5.74, 6) is 1.34. The third-order valence-electron chi connectivity index (χ3n) is 5.51. The highest BCUT2D eigenvalue weighted by Gasteiger charge is 2.32. The van der Waals surface area contributed by atoms with Crippen molar-refractivity contribution in [2.24, 2.45) is 5.92 Å². The number of rotatable bonds is 2. The summed E-state index contributed by atoms with van der Waals surface area (Å²) in [5.41, 5.74) is 1.62. The average molecular weight is 389 g/mol. The molecule has 2 fully saturated rings. The number of urea groups is 1. The van der Waals surface area contributed by atoms with Crippen molar-refractivity contribution in [2.45, 2.75) is 19.8 Å². The standard InChI is InChI=1S/C20H27N3O5/c1-14-11-17-18(28-10-9-27-17)12-16(14)21-20(25)23-4-2-3-15(13-23)19(24)22-5-7-26-8-6-22/h11-12,15H,2-10,13H2,1H3,(H,21,25)/t15-/m1/s1. The van der Waals surface area contributed by atoms with E-state index in [1.807, 2.05) is 24.0 Å². The Morgan fingerprint density at radius 3 is 2.46 bits per heavy atom. The van der Waals surface area contributed by atoms with E-state index in [4.69, 9.17) is 14.2 Å². The van der Waals surface area contributed by atoms with E-state index in [-0.39, 0.29) is 17.9 Å². The number of amides is 3. The van der Waals surface area contributed by atoms with Crippen LogP contribution in [0.1, 0.15) is 18.4 Å². The molecule has 8 heteroatoms. The summed E-state index contributed by atoms with van der Waals surface area (Å²) in [4.78, 5) is 29.2. The number of nitrogens with zero attached hydrogens (tertiary/aromatic N) is 2. The van der Waals surface area contributed by atoms with Crippen LogP contribution in [-0.2, 0) is 9.53 Å². The molecule has 0 spiro atoms. The Labute approximate surface area is 164 Å². The molecule has 28 heavy (non-hydrogen) atoms. The first kappa shape index (κ1) is 18.9. The first-order valence-corrected chi connectivity index (χ1v) is 9.94. The van der Waals surface area contributed by atoms with Crippen LogP contribution in [0.5, 0.6) is 11.5 Å². The minimum absolute atomic E-state index is 0.135. The fraction of sp³-hybridized carbons (Fsp3) is 0.600. The van der Waals surface area contributed by atoms with Crippen molar-refractivity contribution >= 4 is 17.6 Å². The van der Waals surface area contributed by atoms with Gasteiger partial charge in [-0.05, 0) is 31.4 Å². The quantitative estimate of drug-likeness (QED) is 0.835. The fourth-order valence-electron chi connectivity index (χ4n) is 3.92. The van der Waals surface area contributed by atoms with E-state index in [0.717, 1.165) is 18.4 Å². The van der Waals surface area contributed by atoms with Gasteiger partial charge in [-0.15, -0.1) is 0 Å². The van der Waals surface area contributed by atoms with Crippen LogP contribution in [0.3, 0.4) is 0 Å². The predicted octanol–water partition coefficient (Wildman–Crippen LogP) is 1.87. The molecule has 8 nitrogen and oxygen atoms in total. The molecule has 0 unspecified atom stereocenters. The van der Waals surface area contributed by atoms with Crippen LogP contribution in [0.25, 0.3) is 0 Å². The number of likely N-dealkylation sites (tertiary alicyclic amines) is 1. The largest absolute Gasteiger partial charge is 0.486 e. The van der Waals surface area contributed by atoms with Crippen molar-refractivity contribution in [2.75, 3.05) is 57.9 Å². The van der Waals surface area contributed by atoms with Gasteiger partial charge in [0.1, 0.15) is 13.2 Å². The summed E-state index contributed by atoms with van der Waals surface area (Å²) in [5, 5.41) is 2.98. The number of nitrogens with one attached hydrogen (secondary N) is 1. The molecular formula is C20H27N3O5. The van der Waals surface area contributed by atoms with Gasteiger partial charge in [0.25, 0.3) is 0 Å². The Morgan fingerprint density at radius 1 is 1.00 bits per heavy atom. The number of aryl methyl sites for hydroxylation is 1. The van der Waals surface area contributed by atoms with Crippen LogP contribution in [-0.4, -0.2) is 74.3 Å². The highest BCUT2D eigenvalue weighted by molar-refractivity contribution is 5.91. The molecule has 3 aliphatic heterocycles.